The quantitative estimate of drug-likeness (QED) is 0.800. The fraction of sp³-hybridized carbons (Fsp3) is 0.583. The molecule has 1 aliphatic carbocycles. The number of aryl methyl sites for hydroxylation is 1. The first-order valence-electron chi connectivity index (χ1n) is 5.80. The van der Waals surface area contributed by atoms with E-state index < -0.39 is 0 Å². The zero-order valence-electron chi connectivity index (χ0n) is 10.5. The summed E-state index contributed by atoms with van der Waals surface area (Å²) in [6.45, 7) is 7.05. The van der Waals surface area contributed by atoms with Crippen LogP contribution in [0.15, 0.2) is 0 Å². The van der Waals surface area contributed by atoms with E-state index in [4.69, 9.17) is 18.0 Å². The second kappa shape index (κ2) is 4.22. The predicted molar refractivity (Wildman–Crippen MR) is 73.2 cm³/mol. The summed E-state index contributed by atoms with van der Waals surface area (Å²) in [6, 6.07) is 0. The molecular weight excluding hydrogens is 232 g/mol. The molecule has 0 unspecified atom stereocenters. The van der Waals surface area contributed by atoms with Crippen molar-refractivity contribution in [2.75, 3.05) is 11.9 Å². The minimum absolute atomic E-state index is 0.379. The molecule has 3 N–H and O–H groups in total. The summed E-state index contributed by atoms with van der Waals surface area (Å²) in [7, 11) is 0. The normalized spacial score (nSPS) is 16.6. The number of anilines is 1. The van der Waals surface area contributed by atoms with Crippen LogP contribution in [0.1, 0.15) is 36.6 Å². The molecule has 0 bridgehead atoms. The van der Waals surface area contributed by atoms with Gasteiger partial charge in [-0.25, -0.2) is 0 Å². The second-order valence-corrected chi connectivity index (χ2v) is 5.60. The van der Waals surface area contributed by atoms with Crippen molar-refractivity contribution in [2.24, 2.45) is 11.1 Å². The van der Waals surface area contributed by atoms with Gasteiger partial charge in [0.15, 0.2) is 5.82 Å². The van der Waals surface area contributed by atoms with Crippen molar-refractivity contribution >= 4 is 23.0 Å². The van der Waals surface area contributed by atoms with Gasteiger partial charge in [0.05, 0.1) is 11.3 Å². The van der Waals surface area contributed by atoms with Gasteiger partial charge in [0, 0.05) is 6.54 Å². The summed E-state index contributed by atoms with van der Waals surface area (Å²) in [5.74, 6) is 0.716. The molecule has 1 aromatic rings. The van der Waals surface area contributed by atoms with Crippen LogP contribution in [0.3, 0.4) is 0 Å². The number of nitrogens with two attached hydrogens (primary N) is 1. The number of nitrogens with one attached hydrogen (secondary N) is 1. The summed E-state index contributed by atoms with van der Waals surface area (Å²) in [5, 5.41) is 11.6. The SMILES string of the molecule is Cc1nnc(NCC2(C)CC2)c(C(N)=S)c1C. The topological polar surface area (TPSA) is 63.8 Å². The van der Waals surface area contributed by atoms with Gasteiger partial charge in [-0.1, -0.05) is 19.1 Å². The molecule has 2 rings (SSSR count). The first kappa shape index (κ1) is 12.2. The van der Waals surface area contributed by atoms with Crippen molar-refractivity contribution in [1.29, 1.82) is 0 Å². The zero-order chi connectivity index (χ0) is 12.6. The van der Waals surface area contributed by atoms with E-state index in [0.717, 1.165) is 23.4 Å². The number of hydrogen-bond acceptors (Lipinski definition) is 4. The number of thiocarbonyl (C=S) groups is 1. The number of rotatable bonds is 4. The third kappa shape index (κ3) is 2.54. The molecule has 0 saturated heterocycles. The Kier molecular flexibility index (Phi) is 3.03. The number of hydrogen-bond donors (Lipinski definition) is 2. The Balaban J connectivity index is 2.26. The largest absolute Gasteiger partial charge is 0.389 e. The standard InChI is InChI=1S/C12H18N4S/c1-7-8(2)15-16-11(9(7)10(13)17)14-6-12(3)4-5-12/h4-6H2,1-3H3,(H2,13,17)(H,14,16). The van der Waals surface area contributed by atoms with Crippen LogP contribution in [0.4, 0.5) is 5.82 Å². The monoisotopic (exact) mass is 250 g/mol. The van der Waals surface area contributed by atoms with Gasteiger partial charge in [0.25, 0.3) is 0 Å². The Morgan fingerprint density at radius 2 is 2.06 bits per heavy atom. The van der Waals surface area contributed by atoms with Crippen molar-refractivity contribution in [3.8, 4) is 0 Å². The molecule has 5 heteroatoms. The van der Waals surface area contributed by atoms with Crippen LogP contribution in [0, 0.1) is 19.3 Å². The van der Waals surface area contributed by atoms with Crippen molar-refractivity contribution in [3.63, 3.8) is 0 Å². The fourth-order valence-corrected chi connectivity index (χ4v) is 1.97. The molecule has 1 saturated carbocycles. The Labute approximate surface area is 107 Å². The molecule has 0 amide bonds. The molecule has 92 valence electrons. The first-order valence-corrected chi connectivity index (χ1v) is 6.21. The summed E-state index contributed by atoms with van der Waals surface area (Å²) < 4.78 is 0. The molecule has 1 heterocycles. The lowest BCUT2D eigenvalue weighted by Gasteiger charge is -2.15. The van der Waals surface area contributed by atoms with Crippen LogP contribution < -0.4 is 11.1 Å². The van der Waals surface area contributed by atoms with E-state index in [1.54, 1.807) is 0 Å². The Morgan fingerprint density at radius 3 is 2.59 bits per heavy atom. The van der Waals surface area contributed by atoms with E-state index in [1.165, 1.54) is 12.8 Å². The minimum atomic E-state index is 0.379. The van der Waals surface area contributed by atoms with Crippen LogP contribution in [-0.4, -0.2) is 21.7 Å². The Morgan fingerprint density at radius 1 is 1.41 bits per heavy atom. The molecule has 0 spiro atoms. The van der Waals surface area contributed by atoms with Gasteiger partial charge >= 0.3 is 0 Å². The summed E-state index contributed by atoms with van der Waals surface area (Å²) in [4.78, 5) is 0.379. The maximum Gasteiger partial charge on any atom is 0.159 e. The first-order chi connectivity index (χ1) is 7.93. The smallest absolute Gasteiger partial charge is 0.159 e. The van der Waals surface area contributed by atoms with Crippen LogP contribution in [0.2, 0.25) is 0 Å². The maximum absolute atomic E-state index is 5.76. The molecule has 0 aromatic carbocycles. The lowest BCUT2D eigenvalue weighted by atomic mass is 10.1. The molecular formula is C12H18N4S. The highest BCUT2D eigenvalue weighted by atomic mass is 32.1. The molecule has 17 heavy (non-hydrogen) atoms. The predicted octanol–water partition coefficient (Wildman–Crippen LogP) is 1.94. The third-order valence-electron chi connectivity index (χ3n) is 3.49. The maximum atomic E-state index is 5.76. The number of aromatic nitrogens is 2. The highest BCUT2D eigenvalue weighted by molar-refractivity contribution is 7.80. The highest BCUT2D eigenvalue weighted by Crippen LogP contribution is 2.44. The van der Waals surface area contributed by atoms with E-state index in [1.807, 2.05) is 13.8 Å². The molecule has 0 aliphatic heterocycles. The lowest BCUT2D eigenvalue weighted by molar-refractivity contribution is 0.608. The van der Waals surface area contributed by atoms with Gasteiger partial charge in [-0.2, -0.15) is 5.10 Å². The lowest BCUT2D eigenvalue weighted by Crippen LogP contribution is -2.20. The summed E-state index contributed by atoms with van der Waals surface area (Å²) in [5.41, 5.74) is 8.89. The van der Waals surface area contributed by atoms with Gasteiger partial charge in [-0.05, 0) is 37.7 Å². The van der Waals surface area contributed by atoms with Crippen LogP contribution in [0.5, 0.6) is 0 Å². The van der Waals surface area contributed by atoms with Crippen LogP contribution in [0.25, 0.3) is 0 Å². The molecule has 4 nitrogen and oxygen atoms in total. The van der Waals surface area contributed by atoms with Gasteiger partial charge in [-0.15, -0.1) is 5.10 Å². The second-order valence-electron chi connectivity index (χ2n) is 5.16. The van der Waals surface area contributed by atoms with Crippen molar-refractivity contribution in [2.45, 2.75) is 33.6 Å². The highest BCUT2D eigenvalue weighted by Gasteiger charge is 2.37. The number of nitrogens with zero attached hydrogens (tertiary/aromatic N) is 2. The fourth-order valence-electron chi connectivity index (χ4n) is 1.72. The minimum Gasteiger partial charge on any atom is -0.389 e. The van der Waals surface area contributed by atoms with Crippen molar-refractivity contribution in [1.82, 2.24) is 10.2 Å². The van der Waals surface area contributed by atoms with Crippen LogP contribution >= 0.6 is 12.2 Å². The molecule has 0 radical (unpaired) electrons. The summed E-state index contributed by atoms with van der Waals surface area (Å²) >= 11 is 5.09. The average Bonchev–Trinajstić information content (AvgIpc) is 2.98. The third-order valence-corrected chi connectivity index (χ3v) is 3.69. The van der Waals surface area contributed by atoms with E-state index in [2.05, 4.69) is 22.4 Å². The molecule has 1 aliphatic rings. The van der Waals surface area contributed by atoms with Crippen LogP contribution in [-0.2, 0) is 0 Å². The Hall–Kier alpha value is -1.23. The summed E-state index contributed by atoms with van der Waals surface area (Å²) in [6.07, 6.45) is 2.53. The molecule has 1 fully saturated rings. The van der Waals surface area contributed by atoms with Crippen molar-refractivity contribution in [3.05, 3.63) is 16.8 Å². The van der Waals surface area contributed by atoms with Gasteiger partial charge in [-0.3, -0.25) is 0 Å². The zero-order valence-corrected chi connectivity index (χ0v) is 11.3. The van der Waals surface area contributed by atoms with Crippen molar-refractivity contribution < 1.29 is 0 Å². The van der Waals surface area contributed by atoms with E-state index in [-0.39, 0.29) is 0 Å². The molecule has 0 atom stereocenters. The van der Waals surface area contributed by atoms with Gasteiger partial charge < -0.3 is 11.1 Å². The average molecular weight is 250 g/mol. The van der Waals surface area contributed by atoms with Gasteiger partial charge in [0.2, 0.25) is 0 Å². The van der Waals surface area contributed by atoms with E-state index >= 15 is 0 Å². The molecule has 1 aromatic heterocycles. The van der Waals surface area contributed by atoms with Gasteiger partial charge in [0.1, 0.15) is 4.99 Å². The van der Waals surface area contributed by atoms with E-state index in [9.17, 15) is 0 Å². The van der Waals surface area contributed by atoms with E-state index in [0.29, 0.717) is 16.2 Å². The Bertz CT molecular complexity index is 466.